The Morgan fingerprint density at radius 2 is 1.47 bits per heavy atom. The molecule has 0 aliphatic carbocycles. The molecule has 0 amide bonds. The largest absolute Gasteiger partial charge is 0.0926 e. The van der Waals surface area contributed by atoms with Gasteiger partial charge in [0.2, 0.25) is 0 Å². The van der Waals surface area contributed by atoms with Crippen LogP contribution in [-0.2, 0) is 0 Å². The molecule has 0 aliphatic heterocycles. The van der Waals surface area contributed by atoms with Crippen LogP contribution in [0.15, 0.2) is 29.8 Å². The Bertz CT molecular complexity index is 469. The summed E-state index contributed by atoms with van der Waals surface area (Å²) in [5.41, 5.74) is 5.65. The minimum absolute atomic E-state index is 0.176. The van der Waals surface area contributed by atoms with Gasteiger partial charge in [0, 0.05) is 5.30 Å². The van der Waals surface area contributed by atoms with E-state index >= 15 is 0 Å². The van der Waals surface area contributed by atoms with Crippen LogP contribution in [-0.4, -0.2) is 0 Å². The number of aryl methyl sites for hydroxylation is 4. The van der Waals surface area contributed by atoms with E-state index in [2.05, 4.69) is 57.5 Å². The summed E-state index contributed by atoms with van der Waals surface area (Å²) in [5, 5.41) is 1.55. The molecule has 78 valence electrons. The van der Waals surface area contributed by atoms with Crippen molar-refractivity contribution in [2.75, 3.05) is 0 Å². The second kappa shape index (κ2) is 3.87. The van der Waals surface area contributed by atoms with Gasteiger partial charge >= 0.3 is 0 Å². The van der Waals surface area contributed by atoms with E-state index in [1.807, 2.05) is 0 Å². The molecule has 1 atom stereocenters. The molecule has 1 aromatic heterocycles. The maximum atomic E-state index is 2.40. The lowest BCUT2D eigenvalue weighted by atomic mass is 10.1. The predicted octanol–water partition coefficient (Wildman–Crippen LogP) is 4.90. The van der Waals surface area contributed by atoms with Crippen LogP contribution >= 0.6 is 7.53 Å². The molecule has 2 rings (SSSR count). The first kappa shape index (κ1) is 10.5. The van der Waals surface area contributed by atoms with Crippen molar-refractivity contribution in [3.8, 4) is 5.30 Å². The zero-order valence-electron chi connectivity index (χ0n) is 9.83. The summed E-state index contributed by atoms with van der Waals surface area (Å²) >= 11 is 0. The minimum Gasteiger partial charge on any atom is -0.0926 e. The Labute approximate surface area is 93.0 Å². The molecule has 0 saturated carbocycles. The zero-order chi connectivity index (χ0) is 11.0. The van der Waals surface area contributed by atoms with E-state index in [0.29, 0.717) is 0 Å². The lowest BCUT2D eigenvalue weighted by Gasteiger charge is -2.10. The highest BCUT2D eigenvalue weighted by Gasteiger charge is 2.06. The number of benzene rings is 1. The molecule has 0 bridgehead atoms. The summed E-state index contributed by atoms with van der Waals surface area (Å²) in [5.74, 6) is 4.76. The molecule has 0 saturated heterocycles. The van der Waals surface area contributed by atoms with Gasteiger partial charge < -0.3 is 0 Å². The normalized spacial score (nSPS) is 11.9. The molecule has 0 aliphatic rings. The molecular formula is C14H17P. The van der Waals surface area contributed by atoms with Gasteiger partial charge in [0.25, 0.3) is 0 Å². The smallest absolute Gasteiger partial charge is 0.00369 e. The molecule has 1 heterocycles. The van der Waals surface area contributed by atoms with Crippen molar-refractivity contribution < 1.29 is 0 Å². The Kier molecular flexibility index (Phi) is 2.71. The van der Waals surface area contributed by atoms with Crippen molar-refractivity contribution >= 4 is 7.53 Å². The van der Waals surface area contributed by atoms with Gasteiger partial charge in [0.1, 0.15) is 0 Å². The fourth-order valence-corrected chi connectivity index (χ4v) is 4.45. The van der Waals surface area contributed by atoms with Crippen molar-refractivity contribution in [3.63, 3.8) is 0 Å². The average Bonchev–Trinajstić information content (AvgIpc) is 2.49. The van der Waals surface area contributed by atoms with E-state index in [0.717, 1.165) is 0 Å². The minimum atomic E-state index is -0.176. The predicted molar refractivity (Wildman–Crippen MR) is 69.4 cm³/mol. The third-order valence-corrected chi connectivity index (χ3v) is 5.11. The summed E-state index contributed by atoms with van der Waals surface area (Å²) in [7, 11) is -0.176. The van der Waals surface area contributed by atoms with Crippen LogP contribution in [0.5, 0.6) is 0 Å². The van der Waals surface area contributed by atoms with Crippen molar-refractivity contribution in [1.82, 2.24) is 0 Å². The highest BCUT2D eigenvalue weighted by atomic mass is 31.1. The Balaban J connectivity index is 2.62. The van der Waals surface area contributed by atoms with Crippen LogP contribution in [0, 0.1) is 27.7 Å². The molecule has 0 radical (unpaired) electrons. The molecule has 15 heavy (non-hydrogen) atoms. The first-order chi connectivity index (χ1) is 7.08. The van der Waals surface area contributed by atoms with Gasteiger partial charge in [-0.1, -0.05) is 31.3 Å². The van der Waals surface area contributed by atoms with Crippen LogP contribution in [0.1, 0.15) is 22.3 Å². The van der Waals surface area contributed by atoms with E-state index in [1.165, 1.54) is 22.3 Å². The quantitative estimate of drug-likeness (QED) is 0.636. The molecule has 0 spiro atoms. The number of rotatable bonds is 1. The number of hydrogen-bond donors (Lipinski definition) is 0. The molecule has 2 aromatic rings. The Morgan fingerprint density at radius 3 is 1.93 bits per heavy atom. The molecule has 1 unspecified atom stereocenters. The first-order valence-electron chi connectivity index (χ1n) is 5.31. The van der Waals surface area contributed by atoms with E-state index in [1.54, 1.807) is 5.30 Å². The van der Waals surface area contributed by atoms with Gasteiger partial charge in [-0.25, -0.2) is 0 Å². The fourth-order valence-electron chi connectivity index (χ4n) is 2.22. The van der Waals surface area contributed by atoms with E-state index in [9.17, 15) is 0 Å². The third-order valence-electron chi connectivity index (χ3n) is 2.73. The van der Waals surface area contributed by atoms with E-state index < -0.39 is 0 Å². The topological polar surface area (TPSA) is 0 Å². The molecular weight excluding hydrogens is 199 g/mol. The molecule has 0 fully saturated rings. The van der Waals surface area contributed by atoms with Gasteiger partial charge in [0.15, 0.2) is 0 Å². The van der Waals surface area contributed by atoms with Crippen LogP contribution < -0.4 is 0 Å². The van der Waals surface area contributed by atoms with Crippen LogP contribution in [0.3, 0.4) is 0 Å². The van der Waals surface area contributed by atoms with Crippen molar-refractivity contribution in [2.45, 2.75) is 27.7 Å². The SMILES string of the molecule is Cc1cc(C)c(-p2ccc(C)c2)c(C)c1. The summed E-state index contributed by atoms with van der Waals surface area (Å²) < 4.78 is 0. The van der Waals surface area contributed by atoms with Crippen molar-refractivity contribution in [1.29, 1.82) is 0 Å². The van der Waals surface area contributed by atoms with E-state index in [-0.39, 0.29) is 7.53 Å². The Hall–Kier alpha value is -1.00. The van der Waals surface area contributed by atoms with Crippen molar-refractivity contribution in [2.24, 2.45) is 0 Å². The zero-order valence-corrected chi connectivity index (χ0v) is 10.7. The van der Waals surface area contributed by atoms with Crippen LogP contribution in [0.4, 0.5) is 0 Å². The maximum absolute atomic E-state index is 2.40. The molecule has 1 heteroatoms. The monoisotopic (exact) mass is 216 g/mol. The average molecular weight is 216 g/mol. The van der Waals surface area contributed by atoms with E-state index in [4.69, 9.17) is 0 Å². The van der Waals surface area contributed by atoms with Gasteiger partial charge in [0.05, 0.1) is 0 Å². The molecule has 0 nitrogen and oxygen atoms in total. The Morgan fingerprint density at radius 1 is 0.867 bits per heavy atom. The summed E-state index contributed by atoms with van der Waals surface area (Å²) in [6, 6.07) is 6.82. The lowest BCUT2D eigenvalue weighted by molar-refractivity contribution is 1.35. The maximum Gasteiger partial charge on any atom is 0.00369 e. The highest BCUT2D eigenvalue weighted by Crippen LogP contribution is 2.44. The first-order valence-corrected chi connectivity index (χ1v) is 6.79. The van der Waals surface area contributed by atoms with Crippen LogP contribution in [0.2, 0.25) is 0 Å². The molecule has 0 N–H and O–H groups in total. The van der Waals surface area contributed by atoms with Crippen molar-refractivity contribution in [3.05, 3.63) is 52.0 Å². The second-order valence-corrected chi connectivity index (χ2v) is 6.16. The number of hydrogen-bond acceptors (Lipinski definition) is 0. The lowest BCUT2D eigenvalue weighted by Crippen LogP contribution is -1.84. The van der Waals surface area contributed by atoms with Gasteiger partial charge in [-0.05, 0) is 56.0 Å². The summed E-state index contributed by atoms with van der Waals surface area (Å²) in [6.45, 7) is 8.81. The van der Waals surface area contributed by atoms with Crippen LogP contribution in [0.25, 0.3) is 5.30 Å². The third kappa shape index (κ3) is 2.01. The highest BCUT2D eigenvalue weighted by molar-refractivity contribution is 7.56. The van der Waals surface area contributed by atoms with Gasteiger partial charge in [-0.2, -0.15) is 0 Å². The molecule has 1 aromatic carbocycles. The van der Waals surface area contributed by atoms with Gasteiger partial charge in [-0.15, -0.1) is 0 Å². The van der Waals surface area contributed by atoms with Gasteiger partial charge in [-0.3, -0.25) is 0 Å². The second-order valence-electron chi connectivity index (χ2n) is 4.34. The standard InChI is InChI=1S/C14H17P/c1-10-5-6-15(9-10)14-12(3)7-11(2)8-13(14)4/h5-9H,1-4H3. The summed E-state index contributed by atoms with van der Waals surface area (Å²) in [4.78, 5) is 0. The summed E-state index contributed by atoms with van der Waals surface area (Å²) in [6.07, 6.45) is 0. The fraction of sp³-hybridized carbons (Fsp3) is 0.286.